The fourth-order valence-electron chi connectivity index (χ4n) is 1.95. The molecule has 0 saturated carbocycles. The lowest BCUT2D eigenvalue weighted by Crippen LogP contribution is -2.37. The van der Waals surface area contributed by atoms with Crippen molar-refractivity contribution in [3.05, 3.63) is 65.2 Å². The van der Waals surface area contributed by atoms with E-state index in [9.17, 15) is 8.42 Å². The molecule has 21 heavy (non-hydrogen) atoms. The highest BCUT2D eigenvalue weighted by atomic mass is 79.9. The van der Waals surface area contributed by atoms with E-state index in [1.165, 1.54) is 12.1 Å². The highest BCUT2D eigenvalue weighted by Gasteiger charge is 2.19. The molecule has 0 aromatic heterocycles. The fourth-order valence-corrected chi connectivity index (χ4v) is 4.09. The molecule has 0 saturated heterocycles. The third-order valence-electron chi connectivity index (χ3n) is 2.94. The van der Waals surface area contributed by atoms with Gasteiger partial charge in [0.2, 0.25) is 10.0 Å². The lowest BCUT2D eigenvalue weighted by atomic mass is 10.1. The van der Waals surface area contributed by atoms with Gasteiger partial charge >= 0.3 is 0 Å². The van der Waals surface area contributed by atoms with Gasteiger partial charge in [-0.15, -0.1) is 0 Å². The predicted octanol–water partition coefficient (Wildman–Crippen LogP) is 3.62. The molecular formula is C15H15BrClNO2S. The predicted molar refractivity (Wildman–Crippen MR) is 89.5 cm³/mol. The average molecular weight is 389 g/mol. The van der Waals surface area contributed by atoms with E-state index in [4.69, 9.17) is 11.6 Å². The number of alkyl halides is 1. The molecule has 2 aromatic carbocycles. The Labute approximate surface area is 138 Å². The maximum Gasteiger partial charge on any atom is 0.240 e. The smallest absolute Gasteiger partial charge is 0.207 e. The summed E-state index contributed by atoms with van der Waals surface area (Å²) in [4.78, 5) is 0.175. The molecule has 0 heterocycles. The molecule has 1 atom stereocenters. The van der Waals surface area contributed by atoms with E-state index in [0.29, 0.717) is 16.8 Å². The first-order valence-electron chi connectivity index (χ1n) is 6.39. The van der Waals surface area contributed by atoms with Gasteiger partial charge in [-0.1, -0.05) is 63.9 Å². The van der Waals surface area contributed by atoms with Gasteiger partial charge in [0.05, 0.1) is 4.90 Å². The van der Waals surface area contributed by atoms with Gasteiger partial charge in [-0.3, -0.25) is 0 Å². The molecule has 0 aliphatic rings. The van der Waals surface area contributed by atoms with Crippen molar-refractivity contribution in [1.82, 2.24) is 4.72 Å². The Kier molecular flexibility index (Phi) is 5.81. The minimum absolute atomic E-state index is 0.175. The van der Waals surface area contributed by atoms with E-state index in [2.05, 4.69) is 20.7 Å². The topological polar surface area (TPSA) is 46.2 Å². The van der Waals surface area contributed by atoms with Crippen LogP contribution in [0.5, 0.6) is 0 Å². The van der Waals surface area contributed by atoms with Gasteiger partial charge in [-0.2, -0.15) is 0 Å². The number of nitrogens with one attached hydrogen (secondary N) is 1. The van der Waals surface area contributed by atoms with Crippen molar-refractivity contribution in [2.24, 2.45) is 0 Å². The van der Waals surface area contributed by atoms with Crippen molar-refractivity contribution < 1.29 is 8.42 Å². The first-order chi connectivity index (χ1) is 10.0. The van der Waals surface area contributed by atoms with E-state index in [1.807, 2.05) is 30.3 Å². The Morgan fingerprint density at radius 3 is 2.43 bits per heavy atom. The first-order valence-corrected chi connectivity index (χ1v) is 9.37. The zero-order valence-corrected chi connectivity index (χ0v) is 14.3. The summed E-state index contributed by atoms with van der Waals surface area (Å²) in [6, 6.07) is 15.8. The molecule has 112 valence electrons. The van der Waals surface area contributed by atoms with Crippen LogP contribution in [0.25, 0.3) is 0 Å². The third kappa shape index (κ3) is 4.81. The number of benzene rings is 2. The average Bonchev–Trinajstić information content (AvgIpc) is 2.47. The summed E-state index contributed by atoms with van der Waals surface area (Å²) >= 11 is 9.21. The van der Waals surface area contributed by atoms with Gasteiger partial charge in [0.25, 0.3) is 0 Å². The highest BCUT2D eigenvalue weighted by Crippen LogP contribution is 2.16. The maximum atomic E-state index is 12.4. The summed E-state index contributed by atoms with van der Waals surface area (Å²) in [6.45, 7) is 0. The third-order valence-corrected chi connectivity index (χ3v) is 5.47. The minimum Gasteiger partial charge on any atom is -0.207 e. The second-order valence-corrected chi connectivity index (χ2v) is 7.42. The molecule has 6 heteroatoms. The maximum absolute atomic E-state index is 12.4. The summed E-state index contributed by atoms with van der Waals surface area (Å²) in [6.07, 6.45) is 0.617. The van der Waals surface area contributed by atoms with Crippen LogP contribution in [-0.4, -0.2) is 19.8 Å². The van der Waals surface area contributed by atoms with E-state index < -0.39 is 10.0 Å². The summed E-state index contributed by atoms with van der Waals surface area (Å²) in [7, 11) is -3.58. The first kappa shape index (κ1) is 16.5. The Balaban J connectivity index is 2.14. The zero-order chi connectivity index (χ0) is 15.3. The second-order valence-electron chi connectivity index (χ2n) is 4.62. The molecule has 0 radical (unpaired) electrons. The lowest BCUT2D eigenvalue weighted by molar-refractivity contribution is 0.562. The molecule has 0 amide bonds. The molecule has 0 aliphatic carbocycles. The van der Waals surface area contributed by atoms with Crippen LogP contribution >= 0.6 is 27.5 Å². The number of hydrogen-bond acceptors (Lipinski definition) is 2. The van der Waals surface area contributed by atoms with E-state index >= 15 is 0 Å². The van der Waals surface area contributed by atoms with Crippen LogP contribution in [0.4, 0.5) is 0 Å². The van der Waals surface area contributed by atoms with Crippen molar-refractivity contribution >= 4 is 37.6 Å². The van der Waals surface area contributed by atoms with Gasteiger partial charge in [0.15, 0.2) is 0 Å². The fraction of sp³-hybridized carbons (Fsp3) is 0.200. The Morgan fingerprint density at radius 2 is 1.81 bits per heavy atom. The summed E-state index contributed by atoms with van der Waals surface area (Å²) in [5.41, 5.74) is 1.08. The standard InChI is InChI=1S/C15H15BrClNO2S/c16-11-14(9-12-5-2-1-3-6-12)18-21(19,20)15-8-4-7-13(17)10-15/h1-8,10,14,18H,9,11H2. The van der Waals surface area contributed by atoms with Crippen LogP contribution in [0.3, 0.4) is 0 Å². The molecule has 2 aromatic rings. The highest BCUT2D eigenvalue weighted by molar-refractivity contribution is 9.09. The van der Waals surface area contributed by atoms with E-state index in [0.717, 1.165) is 5.56 Å². The number of hydrogen-bond donors (Lipinski definition) is 1. The largest absolute Gasteiger partial charge is 0.240 e. The summed E-state index contributed by atoms with van der Waals surface area (Å²) in [5.74, 6) is 0. The molecule has 0 spiro atoms. The van der Waals surface area contributed by atoms with Gasteiger partial charge in [0, 0.05) is 16.4 Å². The van der Waals surface area contributed by atoms with Gasteiger partial charge in [0.1, 0.15) is 0 Å². The Hall–Kier alpha value is -0.880. The lowest BCUT2D eigenvalue weighted by Gasteiger charge is -2.16. The minimum atomic E-state index is -3.58. The monoisotopic (exact) mass is 387 g/mol. The van der Waals surface area contributed by atoms with Crippen molar-refractivity contribution in [3.8, 4) is 0 Å². The van der Waals surface area contributed by atoms with Gasteiger partial charge in [-0.25, -0.2) is 13.1 Å². The molecule has 0 bridgehead atoms. The van der Waals surface area contributed by atoms with Crippen molar-refractivity contribution in [3.63, 3.8) is 0 Å². The number of sulfonamides is 1. The molecule has 3 nitrogen and oxygen atoms in total. The number of rotatable bonds is 6. The molecule has 0 aliphatic heterocycles. The molecule has 2 rings (SSSR count). The van der Waals surface area contributed by atoms with Crippen LogP contribution in [0.1, 0.15) is 5.56 Å². The van der Waals surface area contributed by atoms with Crippen molar-refractivity contribution in [2.45, 2.75) is 17.4 Å². The SMILES string of the molecule is O=S(=O)(NC(CBr)Cc1ccccc1)c1cccc(Cl)c1. The van der Waals surface area contributed by atoms with Crippen molar-refractivity contribution in [1.29, 1.82) is 0 Å². The summed E-state index contributed by atoms with van der Waals surface area (Å²) < 4.78 is 27.4. The van der Waals surface area contributed by atoms with Gasteiger partial charge in [-0.05, 0) is 30.2 Å². The van der Waals surface area contributed by atoms with Gasteiger partial charge < -0.3 is 0 Å². The molecule has 1 unspecified atom stereocenters. The molecule has 0 fully saturated rings. The van der Waals surface area contributed by atoms with Crippen LogP contribution in [-0.2, 0) is 16.4 Å². The van der Waals surface area contributed by atoms with Crippen LogP contribution in [0, 0.1) is 0 Å². The summed E-state index contributed by atoms with van der Waals surface area (Å²) in [5, 5.41) is 0.929. The second kappa shape index (κ2) is 7.40. The zero-order valence-electron chi connectivity index (χ0n) is 11.2. The van der Waals surface area contributed by atoms with E-state index in [-0.39, 0.29) is 10.9 Å². The molecule has 1 N–H and O–H groups in total. The van der Waals surface area contributed by atoms with Crippen molar-refractivity contribution in [2.75, 3.05) is 5.33 Å². The van der Waals surface area contributed by atoms with E-state index in [1.54, 1.807) is 12.1 Å². The Bertz CT molecular complexity index is 692. The Morgan fingerprint density at radius 1 is 1.10 bits per heavy atom. The van der Waals surface area contributed by atoms with Crippen LogP contribution < -0.4 is 4.72 Å². The molecular weight excluding hydrogens is 374 g/mol. The normalized spacial score (nSPS) is 13.0. The van der Waals surface area contributed by atoms with Crippen LogP contribution in [0.15, 0.2) is 59.5 Å². The van der Waals surface area contributed by atoms with Crippen LogP contribution in [0.2, 0.25) is 5.02 Å². The number of halogens is 2. The quantitative estimate of drug-likeness (QED) is 0.768.